The molecule has 1 atom stereocenters. The van der Waals surface area contributed by atoms with Crippen molar-refractivity contribution in [1.82, 2.24) is 15.5 Å². The molecule has 0 amide bonds. The summed E-state index contributed by atoms with van der Waals surface area (Å²) in [5.74, 6) is 0.811. The van der Waals surface area contributed by atoms with E-state index < -0.39 is 5.60 Å². The summed E-state index contributed by atoms with van der Waals surface area (Å²) >= 11 is 3.43. The van der Waals surface area contributed by atoms with Crippen LogP contribution in [0.4, 0.5) is 0 Å². The van der Waals surface area contributed by atoms with Crippen molar-refractivity contribution < 1.29 is 9.63 Å². The van der Waals surface area contributed by atoms with E-state index >= 15 is 0 Å². The number of β-amino-alcohol motifs (C(OH)–C–C–N with tert-alkyl or cyclic N) is 1. The molecular weight excluding hydrogens is 322 g/mol. The number of nitrogens with one attached hydrogen (secondary N) is 1. The molecule has 1 aliphatic heterocycles. The van der Waals surface area contributed by atoms with E-state index in [2.05, 4.69) is 31.4 Å². The largest absolute Gasteiger partial charge is 0.379 e. The third-order valence-corrected chi connectivity index (χ3v) is 4.11. The first-order valence-corrected chi connectivity index (χ1v) is 7.42. The summed E-state index contributed by atoms with van der Waals surface area (Å²) in [5.41, 5.74) is 0.920. The van der Waals surface area contributed by atoms with Crippen LogP contribution in [0.3, 0.4) is 0 Å². The van der Waals surface area contributed by atoms with Crippen LogP contribution in [0.5, 0.6) is 0 Å². The minimum absolute atomic E-state index is 0.294. The molecule has 2 aromatic rings. The molecule has 0 bridgehead atoms. The van der Waals surface area contributed by atoms with Crippen molar-refractivity contribution in [2.75, 3.05) is 13.1 Å². The summed E-state index contributed by atoms with van der Waals surface area (Å²) in [4.78, 5) is 4.38. The molecule has 0 spiro atoms. The number of piperidine rings is 1. The SMILES string of the molecule is Cc1cc(Br)ccc1-c1noc(C2(O)CCCNC2)n1. The third kappa shape index (κ3) is 2.51. The van der Waals surface area contributed by atoms with Crippen LogP contribution >= 0.6 is 15.9 Å². The summed E-state index contributed by atoms with van der Waals surface area (Å²) in [7, 11) is 0. The summed E-state index contributed by atoms with van der Waals surface area (Å²) in [6.45, 7) is 3.36. The van der Waals surface area contributed by atoms with Gasteiger partial charge in [-0.2, -0.15) is 4.98 Å². The van der Waals surface area contributed by atoms with Crippen molar-refractivity contribution in [3.8, 4) is 11.4 Å². The van der Waals surface area contributed by atoms with E-state index in [1.807, 2.05) is 25.1 Å². The molecule has 0 radical (unpaired) electrons. The number of aryl methyl sites for hydroxylation is 1. The van der Waals surface area contributed by atoms with Crippen molar-refractivity contribution >= 4 is 15.9 Å². The van der Waals surface area contributed by atoms with E-state index in [0.717, 1.165) is 28.6 Å². The van der Waals surface area contributed by atoms with Gasteiger partial charge in [-0.3, -0.25) is 0 Å². The number of aromatic nitrogens is 2. The highest BCUT2D eigenvalue weighted by atomic mass is 79.9. The first-order chi connectivity index (χ1) is 9.58. The van der Waals surface area contributed by atoms with Crippen molar-refractivity contribution in [2.24, 2.45) is 0 Å². The smallest absolute Gasteiger partial charge is 0.260 e. The average molecular weight is 338 g/mol. The second-order valence-electron chi connectivity index (χ2n) is 5.19. The number of aliphatic hydroxyl groups is 1. The molecular formula is C14H16BrN3O2. The third-order valence-electron chi connectivity index (χ3n) is 3.61. The van der Waals surface area contributed by atoms with E-state index in [1.54, 1.807) is 0 Å². The molecule has 0 aliphatic carbocycles. The van der Waals surface area contributed by atoms with E-state index in [0.29, 0.717) is 24.7 Å². The Hall–Kier alpha value is -1.24. The number of benzene rings is 1. The lowest BCUT2D eigenvalue weighted by molar-refractivity contribution is -0.0167. The lowest BCUT2D eigenvalue weighted by Crippen LogP contribution is -2.43. The maximum atomic E-state index is 10.6. The Labute approximate surface area is 125 Å². The molecule has 106 valence electrons. The topological polar surface area (TPSA) is 71.2 Å². The van der Waals surface area contributed by atoms with Crippen molar-refractivity contribution in [3.05, 3.63) is 34.1 Å². The van der Waals surface area contributed by atoms with Gasteiger partial charge in [0.25, 0.3) is 5.89 Å². The Morgan fingerprint density at radius 3 is 3.00 bits per heavy atom. The van der Waals surface area contributed by atoms with Gasteiger partial charge >= 0.3 is 0 Å². The van der Waals surface area contributed by atoms with E-state index in [9.17, 15) is 5.11 Å². The number of nitrogens with zero attached hydrogens (tertiary/aromatic N) is 2. The first-order valence-electron chi connectivity index (χ1n) is 6.62. The van der Waals surface area contributed by atoms with Crippen LogP contribution in [0, 0.1) is 6.92 Å². The van der Waals surface area contributed by atoms with Gasteiger partial charge in [0.15, 0.2) is 5.60 Å². The molecule has 20 heavy (non-hydrogen) atoms. The van der Waals surface area contributed by atoms with Crippen LogP contribution in [0.25, 0.3) is 11.4 Å². The van der Waals surface area contributed by atoms with E-state index in [4.69, 9.17) is 4.52 Å². The normalized spacial score (nSPS) is 22.9. The van der Waals surface area contributed by atoms with Gasteiger partial charge in [-0.25, -0.2) is 0 Å². The summed E-state index contributed by atoms with van der Waals surface area (Å²) in [5, 5.41) is 17.7. The van der Waals surface area contributed by atoms with Crippen LogP contribution in [-0.2, 0) is 5.60 Å². The Balaban J connectivity index is 1.93. The number of halogens is 1. The van der Waals surface area contributed by atoms with Gasteiger partial charge in [-0.15, -0.1) is 0 Å². The van der Waals surface area contributed by atoms with Crippen molar-refractivity contribution in [3.63, 3.8) is 0 Å². The average Bonchev–Trinajstić information content (AvgIpc) is 2.90. The Morgan fingerprint density at radius 2 is 2.30 bits per heavy atom. The molecule has 5 nitrogen and oxygen atoms in total. The fourth-order valence-corrected chi connectivity index (χ4v) is 2.95. The highest BCUT2D eigenvalue weighted by Crippen LogP contribution is 2.30. The quantitative estimate of drug-likeness (QED) is 0.880. The number of hydrogen-bond donors (Lipinski definition) is 2. The highest BCUT2D eigenvalue weighted by molar-refractivity contribution is 9.10. The zero-order valence-corrected chi connectivity index (χ0v) is 12.8. The monoisotopic (exact) mass is 337 g/mol. The second kappa shape index (κ2) is 5.27. The molecule has 1 aromatic carbocycles. The maximum Gasteiger partial charge on any atom is 0.260 e. The molecule has 2 N–H and O–H groups in total. The van der Waals surface area contributed by atoms with Crippen molar-refractivity contribution in [1.29, 1.82) is 0 Å². The fourth-order valence-electron chi connectivity index (χ4n) is 2.47. The number of rotatable bonds is 2. The van der Waals surface area contributed by atoms with Gasteiger partial charge in [-0.1, -0.05) is 21.1 Å². The Morgan fingerprint density at radius 1 is 1.45 bits per heavy atom. The van der Waals surface area contributed by atoms with Gasteiger partial charge in [0.1, 0.15) is 0 Å². The lowest BCUT2D eigenvalue weighted by Gasteiger charge is -2.28. The van der Waals surface area contributed by atoms with Crippen molar-refractivity contribution in [2.45, 2.75) is 25.4 Å². The first kappa shape index (κ1) is 13.7. The molecule has 1 aromatic heterocycles. The van der Waals surface area contributed by atoms with Crippen LogP contribution in [0.1, 0.15) is 24.3 Å². The molecule has 1 unspecified atom stereocenters. The van der Waals surface area contributed by atoms with Gasteiger partial charge in [0.05, 0.1) is 0 Å². The van der Waals surface area contributed by atoms with Gasteiger partial charge in [0, 0.05) is 16.6 Å². The second-order valence-corrected chi connectivity index (χ2v) is 6.11. The molecule has 1 fully saturated rings. The van der Waals surface area contributed by atoms with Crippen LogP contribution in [0.15, 0.2) is 27.2 Å². The predicted molar refractivity (Wildman–Crippen MR) is 78.2 cm³/mol. The lowest BCUT2D eigenvalue weighted by atomic mass is 9.94. The van der Waals surface area contributed by atoms with Crippen LogP contribution in [0.2, 0.25) is 0 Å². The van der Waals surface area contributed by atoms with E-state index in [1.165, 1.54) is 0 Å². The van der Waals surface area contributed by atoms with Crippen LogP contribution < -0.4 is 5.32 Å². The minimum atomic E-state index is -1.05. The molecule has 1 aliphatic rings. The molecule has 6 heteroatoms. The van der Waals surface area contributed by atoms with Gasteiger partial charge in [0.2, 0.25) is 5.82 Å². The minimum Gasteiger partial charge on any atom is -0.379 e. The molecule has 2 heterocycles. The maximum absolute atomic E-state index is 10.6. The number of hydrogen-bond acceptors (Lipinski definition) is 5. The zero-order valence-electron chi connectivity index (χ0n) is 11.2. The van der Waals surface area contributed by atoms with E-state index in [-0.39, 0.29) is 0 Å². The molecule has 0 saturated carbocycles. The summed E-state index contributed by atoms with van der Waals surface area (Å²) in [6, 6.07) is 5.88. The van der Waals surface area contributed by atoms with Gasteiger partial charge in [-0.05, 0) is 50.1 Å². The fraction of sp³-hybridized carbons (Fsp3) is 0.429. The summed E-state index contributed by atoms with van der Waals surface area (Å²) < 4.78 is 6.30. The molecule has 3 rings (SSSR count). The Kier molecular flexibility index (Phi) is 3.62. The summed E-state index contributed by atoms with van der Waals surface area (Å²) in [6.07, 6.45) is 1.53. The highest BCUT2D eigenvalue weighted by Gasteiger charge is 2.37. The Bertz CT molecular complexity index is 621. The van der Waals surface area contributed by atoms with Gasteiger partial charge < -0.3 is 14.9 Å². The molecule has 1 saturated heterocycles. The zero-order chi connectivity index (χ0) is 14.2. The standard InChI is InChI=1S/C14H16BrN3O2/c1-9-7-10(15)3-4-11(9)12-17-13(20-18-12)14(19)5-2-6-16-8-14/h3-4,7,16,19H,2,5-6,8H2,1H3. The predicted octanol–water partition coefficient (Wildman–Crippen LogP) is 2.38. The van der Waals surface area contributed by atoms with Crippen LogP contribution in [-0.4, -0.2) is 28.3 Å².